The Kier molecular flexibility index (Phi) is 6.60. The fourth-order valence-corrected chi connectivity index (χ4v) is 4.57. The van der Waals surface area contributed by atoms with Gasteiger partial charge in [0.15, 0.2) is 5.76 Å². The van der Waals surface area contributed by atoms with Crippen LogP contribution in [0.5, 0.6) is 5.75 Å². The molecule has 0 atom stereocenters. The van der Waals surface area contributed by atoms with Crippen molar-refractivity contribution in [2.45, 2.75) is 6.61 Å². The second-order valence-electron chi connectivity index (χ2n) is 8.72. The first-order valence-electron chi connectivity index (χ1n) is 11.9. The van der Waals surface area contributed by atoms with Gasteiger partial charge in [-0.05, 0) is 77.9 Å². The van der Waals surface area contributed by atoms with Gasteiger partial charge < -0.3 is 9.15 Å². The van der Waals surface area contributed by atoms with Crippen molar-refractivity contribution in [1.82, 2.24) is 9.66 Å². The van der Waals surface area contributed by atoms with Crippen molar-refractivity contribution in [2.24, 2.45) is 5.10 Å². The minimum atomic E-state index is -0.355. The topological polar surface area (TPSA) is 69.6 Å². The average molecular weight is 558 g/mol. The van der Waals surface area contributed by atoms with Gasteiger partial charge in [0.05, 0.1) is 22.1 Å². The summed E-state index contributed by atoms with van der Waals surface area (Å²) in [5.74, 6) is 0.706. The van der Waals surface area contributed by atoms with E-state index in [0.29, 0.717) is 49.2 Å². The second kappa shape index (κ2) is 10.4. The third kappa shape index (κ3) is 5.14. The number of hydrogen-bond acceptors (Lipinski definition) is 5. The maximum atomic E-state index is 13.5. The van der Waals surface area contributed by atoms with Crippen LogP contribution in [0.25, 0.3) is 33.5 Å². The Balaban J connectivity index is 1.35. The van der Waals surface area contributed by atoms with Gasteiger partial charge in [-0.2, -0.15) is 9.78 Å². The van der Waals surface area contributed by atoms with E-state index in [2.05, 4.69) is 10.1 Å². The predicted molar refractivity (Wildman–Crippen MR) is 151 cm³/mol. The van der Waals surface area contributed by atoms with E-state index in [4.69, 9.17) is 32.4 Å². The van der Waals surface area contributed by atoms with Gasteiger partial charge in [0.1, 0.15) is 23.8 Å². The number of nitrogens with zero attached hydrogens (tertiary/aromatic N) is 3. The normalized spacial score (nSPS) is 11.6. The summed E-state index contributed by atoms with van der Waals surface area (Å²) in [6.07, 6.45) is 1.50. The van der Waals surface area contributed by atoms with E-state index < -0.39 is 0 Å². The summed E-state index contributed by atoms with van der Waals surface area (Å²) >= 11 is 12.6. The second-order valence-corrected chi connectivity index (χ2v) is 9.56. The monoisotopic (exact) mass is 557 g/mol. The Hall–Kier alpha value is -4.46. The molecule has 2 heterocycles. The van der Waals surface area contributed by atoms with E-state index in [9.17, 15) is 9.18 Å². The molecule has 0 aliphatic carbocycles. The van der Waals surface area contributed by atoms with Crippen LogP contribution >= 0.6 is 23.2 Å². The summed E-state index contributed by atoms with van der Waals surface area (Å²) in [5, 5.41) is 6.55. The van der Waals surface area contributed by atoms with Gasteiger partial charge in [0, 0.05) is 10.4 Å². The lowest BCUT2D eigenvalue weighted by Crippen LogP contribution is -2.20. The van der Waals surface area contributed by atoms with E-state index >= 15 is 0 Å². The molecule has 0 spiro atoms. The lowest BCUT2D eigenvalue weighted by atomic mass is 10.2. The smallest absolute Gasteiger partial charge is 0.282 e. The molecule has 0 aliphatic rings. The Morgan fingerprint density at radius 2 is 1.85 bits per heavy atom. The molecule has 0 amide bonds. The number of furan rings is 1. The highest BCUT2D eigenvalue weighted by atomic mass is 35.5. The van der Waals surface area contributed by atoms with Crippen LogP contribution in [0.15, 0.2) is 105 Å². The molecule has 6 nitrogen and oxygen atoms in total. The van der Waals surface area contributed by atoms with Crippen LogP contribution in [0.2, 0.25) is 10.0 Å². The van der Waals surface area contributed by atoms with Crippen LogP contribution in [-0.2, 0) is 6.61 Å². The van der Waals surface area contributed by atoms with E-state index in [1.165, 1.54) is 23.0 Å². The fourth-order valence-electron chi connectivity index (χ4n) is 4.14. The standard InChI is InChI=1S/C30H18Cl2FN3O3/c31-21-9-11-26-20(14-21)15-28(39-26)29-35-25-7-2-1-6-23(25)30(37)36(29)34-16-18-8-10-27(24(32)13-18)38-17-19-4-3-5-22(33)12-19/h1-16H,17H2. The minimum Gasteiger partial charge on any atom is -0.487 e. The first-order chi connectivity index (χ1) is 18.9. The predicted octanol–water partition coefficient (Wildman–Crippen LogP) is 7.72. The molecule has 2 aromatic heterocycles. The van der Waals surface area contributed by atoms with Crippen LogP contribution < -0.4 is 10.3 Å². The van der Waals surface area contributed by atoms with Crippen LogP contribution in [0.3, 0.4) is 0 Å². The lowest BCUT2D eigenvalue weighted by molar-refractivity contribution is 0.306. The Morgan fingerprint density at radius 1 is 0.974 bits per heavy atom. The van der Waals surface area contributed by atoms with Gasteiger partial charge in [-0.25, -0.2) is 9.37 Å². The molecule has 0 saturated heterocycles. The molecule has 39 heavy (non-hydrogen) atoms. The average Bonchev–Trinajstić information content (AvgIpc) is 3.35. The molecule has 0 aliphatic heterocycles. The number of hydrogen-bond donors (Lipinski definition) is 0. The zero-order chi connectivity index (χ0) is 26.9. The number of fused-ring (bicyclic) bond motifs is 2. The molecule has 6 aromatic rings. The number of rotatable bonds is 6. The largest absolute Gasteiger partial charge is 0.487 e. The SMILES string of the molecule is O=c1c2ccccc2nc(-c2cc3cc(Cl)ccc3o2)n1N=Cc1ccc(OCc2cccc(F)c2)c(Cl)c1. The van der Waals surface area contributed by atoms with Crippen molar-refractivity contribution in [2.75, 3.05) is 0 Å². The molecule has 0 N–H and O–H groups in total. The molecule has 192 valence electrons. The van der Waals surface area contributed by atoms with Crippen molar-refractivity contribution in [3.63, 3.8) is 0 Å². The number of aromatic nitrogens is 2. The van der Waals surface area contributed by atoms with Crippen LogP contribution in [0, 0.1) is 5.82 Å². The summed E-state index contributed by atoms with van der Waals surface area (Å²) < 4.78 is 26.4. The number of halogens is 3. The Morgan fingerprint density at radius 3 is 2.69 bits per heavy atom. The molecule has 0 bridgehead atoms. The Labute approximate surface area is 231 Å². The molecule has 6 rings (SSSR count). The molecular formula is C30H18Cl2FN3O3. The van der Waals surface area contributed by atoms with Gasteiger partial charge in [-0.3, -0.25) is 4.79 Å². The summed E-state index contributed by atoms with van der Waals surface area (Å²) in [4.78, 5) is 18.1. The molecule has 0 saturated carbocycles. The molecule has 4 aromatic carbocycles. The van der Waals surface area contributed by atoms with Crippen LogP contribution in [-0.4, -0.2) is 15.9 Å². The molecule has 0 fully saturated rings. The maximum absolute atomic E-state index is 13.5. The highest BCUT2D eigenvalue weighted by Gasteiger charge is 2.16. The van der Waals surface area contributed by atoms with E-state index in [1.54, 1.807) is 72.8 Å². The molecule has 0 radical (unpaired) electrons. The van der Waals surface area contributed by atoms with E-state index in [-0.39, 0.29) is 23.8 Å². The van der Waals surface area contributed by atoms with Crippen LogP contribution in [0.1, 0.15) is 11.1 Å². The number of ether oxygens (including phenoxy) is 1. The fraction of sp³-hybridized carbons (Fsp3) is 0.0333. The highest BCUT2D eigenvalue weighted by Crippen LogP contribution is 2.29. The first-order valence-corrected chi connectivity index (χ1v) is 12.6. The van der Waals surface area contributed by atoms with Crippen molar-refractivity contribution in [3.8, 4) is 17.3 Å². The minimum absolute atomic E-state index is 0.162. The van der Waals surface area contributed by atoms with Crippen molar-refractivity contribution >= 4 is 51.3 Å². The van der Waals surface area contributed by atoms with Crippen molar-refractivity contribution < 1.29 is 13.5 Å². The van der Waals surface area contributed by atoms with Gasteiger partial charge in [-0.15, -0.1) is 0 Å². The number of benzene rings is 4. The summed E-state index contributed by atoms with van der Waals surface area (Å²) in [7, 11) is 0. The first kappa shape index (κ1) is 24.9. The van der Waals surface area contributed by atoms with Crippen molar-refractivity contribution in [3.05, 3.63) is 128 Å². The third-order valence-electron chi connectivity index (χ3n) is 6.01. The highest BCUT2D eigenvalue weighted by molar-refractivity contribution is 6.32. The van der Waals surface area contributed by atoms with E-state index in [1.807, 2.05) is 6.07 Å². The maximum Gasteiger partial charge on any atom is 0.282 e. The lowest BCUT2D eigenvalue weighted by Gasteiger charge is -2.09. The van der Waals surface area contributed by atoms with Gasteiger partial charge in [0.25, 0.3) is 5.56 Å². The third-order valence-corrected chi connectivity index (χ3v) is 6.54. The van der Waals surface area contributed by atoms with E-state index in [0.717, 1.165) is 5.39 Å². The zero-order valence-corrected chi connectivity index (χ0v) is 21.7. The quantitative estimate of drug-likeness (QED) is 0.196. The van der Waals surface area contributed by atoms with Crippen molar-refractivity contribution in [1.29, 1.82) is 0 Å². The summed E-state index contributed by atoms with van der Waals surface area (Å²) in [6, 6.07) is 25.3. The summed E-state index contributed by atoms with van der Waals surface area (Å²) in [5.41, 5.74) is 2.07. The Bertz CT molecular complexity index is 1950. The molecule has 9 heteroatoms. The van der Waals surface area contributed by atoms with Gasteiger partial charge in [-0.1, -0.05) is 47.5 Å². The molecular weight excluding hydrogens is 540 g/mol. The number of para-hydroxylation sites is 1. The van der Waals surface area contributed by atoms with Gasteiger partial charge in [0.2, 0.25) is 5.82 Å². The van der Waals surface area contributed by atoms with Gasteiger partial charge >= 0.3 is 0 Å². The van der Waals surface area contributed by atoms with Crippen LogP contribution in [0.4, 0.5) is 4.39 Å². The molecule has 0 unspecified atom stereocenters. The zero-order valence-electron chi connectivity index (χ0n) is 20.1. The summed E-state index contributed by atoms with van der Waals surface area (Å²) in [6.45, 7) is 0.162.